The molecule has 7 nitrogen and oxygen atoms in total. The zero-order valence-corrected chi connectivity index (χ0v) is 18.9. The van der Waals surface area contributed by atoms with Crippen LogP contribution in [0.3, 0.4) is 0 Å². The van der Waals surface area contributed by atoms with Crippen LogP contribution in [0.5, 0.6) is 5.75 Å². The highest BCUT2D eigenvalue weighted by Crippen LogP contribution is 2.35. The van der Waals surface area contributed by atoms with Crippen molar-refractivity contribution in [2.24, 2.45) is 5.10 Å². The Bertz CT molecular complexity index is 1110. The summed E-state index contributed by atoms with van der Waals surface area (Å²) in [5.74, 6) is -0.339. The van der Waals surface area contributed by atoms with Gasteiger partial charge in [-0.25, -0.2) is 9.82 Å². The van der Waals surface area contributed by atoms with Gasteiger partial charge in [0.15, 0.2) is 0 Å². The normalized spacial score (nSPS) is 10.8. The van der Waals surface area contributed by atoms with Gasteiger partial charge in [-0.05, 0) is 91.5 Å². The molecule has 158 valence electrons. The molecule has 0 aliphatic carbocycles. The molecular formula is C21H14Br2FN3O4. The Kier molecular flexibility index (Phi) is 7.48. The third kappa shape index (κ3) is 6.19. The van der Waals surface area contributed by atoms with Crippen LogP contribution in [0.4, 0.5) is 10.1 Å². The smallest absolute Gasteiger partial charge is 0.271 e. The molecule has 0 saturated carbocycles. The number of ether oxygens (including phenoxy) is 1. The summed E-state index contributed by atoms with van der Waals surface area (Å²) in [6, 6.07) is 14.7. The highest BCUT2D eigenvalue weighted by atomic mass is 79.9. The predicted octanol–water partition coefficient (Wildman–Crippen LogP) is 5.60. The van der Waals surface area contributed by atoms with E-state index < -0.39 is 16.6 Å². The van der Waals surface area contributed by atoms with Gasteiger partial charge in [0.05, 0.1) is 20.1 Å². The molecule has 0 aliphatic rings. The Morgan fingerprint density at radius 3 is 2.29 bits per heavy atom. The van der Waals surface area contributed by atoms with Crippen LogP contribution in [0.15, 0.2) is 74.7 Å². The van der Waals surface area contributed by atoms with E-state index in [9.17, 15) is 19.3 Å². The third-order valence-electron chi connectivity index (χ3n) is 4.04. The molecule has 1 amide bonds. The van der Waals surface area contributed by atoms with Crippen LogP contribution in [-0.2, 0) is 6.61 Å². The third-order valence-corrected chi connectivity index (χ3v) is 5.22. The van der Waals surface area contributed by atoms with Crippen LogP contribution >= 0.6 is 31.9 Å². The molecule has 0 saturated heterocycles. The first kappa shape index (κ1) is 22.6. The number of halogens is 3. The maximum Gasteiger partial charge on any atom is 0.271 e. The first-order valence-electron chi connectivity index (χ1n) is 8.77. The van der Waals surface area contributed by atoms with Crippen molar-refractivity contribution in [3.8, 4) is 5.75 Å². The van der Waals surface area contributed by atoms with Crippen molar-refractivity contribution in [2.45, 2.75) is 6.61 Å². The lowest BCUT2D eigenvalue weighted by molar-refractivity contribution is -0.384. The van der Waals surface area contributed by atoms with E-state index in [1.165, 1.54) is 42.6 Å². The van der Waals surface area contributed by atoms with Gasteiger partial charge in [0.25, 0.3) is 11.6 Å². The topological polar surface area (TPSA) is 93.8 Å². The van der Waals surface area contributed by atoms with Crippen molar-refractivity contribution >= 4 is 49.7 Å². The number of carbonyl (C=O) groups is 1. The van der Waals surface area contributed by atoms with E-state index in [-0.39, 0.29) is 17.9 Å². The highest BCUT2D eigenvalue weighted by molar-refractivity contribution is 9.11. The van der Waals surface area contributed by atoms with E-state index in [0.29, 0.717) is 20.3 Å². The summed E-state index contributed by atoms with van der Waals surface area (Å²) in [6.45, 7) is 0.219. The van der Waals surface area contributed by atoms with Gasteiger partial charge in [-0.15, -0.1) is 0 Å². The molecule has 3 aromatic carbocycles. The largest absolute Gasteiger partial charge is 0.487 e. The van der Waals surface area contributed by atoms with Gasteiger partial charge in [0.2, 0.25) is 0 Å². The molecule has 0 bridgehead atoms. The number of amides is 1. The zero-order chi connectivity index (χ0) is 22.4. The lowest BCUT2D eigenvalue weighted by Gasteiger charge is -2.11. The van der Waals surface area contributed by atoms with Gasteiger partial charge >= 0.3 is 0 Å². The fourth-order valence-electron chi connectivity index (χ4n) is 2.49. The molecule has 0 unspecified atom stereocenters. The van der Waals surface area contributed by atoms with Crippen LogP contribution < -0.4 is 10.2 Å². The van der Waals surface area contributed by atoms with Crippen molar-refractivity contribution in [3.05, 3.63) is 102 Å². The molecule has 3 aromatic rings. The monoisotopic (exact) mass is 549 g/mol. The molecule has 0 heterocycles. The van der Waals surface area contributed by atoms with E-state index in [0.717, 1.165) is 5.56 Å². The van der Waals surface area contributed by atoms with Gasteiger partial charge in [0, 0.05) is 17.7 Å². The molecule has 1 N–H and O–H groups in total. The number of rotatable bonds is 7. The first-order chi connectivity index (χ1) is 14.8. The summed E-state index contributed by atoms with van der Waals surface area (Å²) >= 11 is 6.88. The van der Waals surface area contributed by atoms with E-state index in [1.807, 2.05) is 0 Å². The van der Waals surface area contributed by atoms with Crippen LogP contribution in [0.1, 0.15) is 21.5 Å². The zero-order valence-electron chi connectivity index (χ0n) is 15.7. The second-order valence-corrected chi connectivity index (χ2v) is 7.94. The Morgan fingerprint density at radius 1 is 1.10 bits per heavy atom. The van der Waals surface area contributed by atoms with Crippen molar-refractivity contribution in [3.63, 3.8) is 0 Å². The molecule has 10 heteroatoms. The average Bonchev–Trinajstić information content (AvgIpc) is 2.74. The van der Waals surface area contributed by atoms with Crippen LogP contribution in [0.25, 0.3) is 0 Å². The van der Waals surface area contributed by atoms with Crippen molar-refractivity contribution in [2.75, 3.05) is 0 Å². The maximum absolute atomic E-state index is 12.9. The number of benzene rings is 3. The number of carbonyl (C=O) groups excluding carboxylic acids is 1. The number of non-ortho nitro benzene ring substituents is 1. The molecule has 0 atom stereocenters. The van der Waals surface area contributed by atoms with E-state index in [2.05, 4.69) is 42.4 Å². The standard InChI is InChI=1S/C21H14Br2FN3O4/c22-18-9-14(11-25-26-21(28)15-3-5-16(24)6-4-15)10-19(23)20(18)31-12-13-1-7-17(8-2-13)27(29)30/h1-11H,12H2,(H,26,28)/b25-11-. The quantitative estimate of drug-likeness (QED) is 0.235. The summed E-state index contributed by atoms with van der Waals surface area (Å²) in [4.78, 5) is 22.3. The highest BCUT2D eigenvalue weighted by Gasteiger charge is 2.10. The van der Waals surface area contributed by atoms with E-state index in [4.69, 9.17) is 4.74 Å². The van der Waals surface area contributed by atoms with Gasteiger partial charge in [-0.1, -0.05) is 0 Å². The van der Waals surface area contributed by atoms with Gasteiger partial charge < -0.3 is 4.74 Å². The number of nitro groups is 1. The number of hydrogen-bond acceptors (Lipinski definition) is 5. The average molecular weight is 551 g/mol. The summed E-state index contributed by atoms with van der Waals surface area (Å²) < 4.78 is 20.0. The first-order valence-corrected chi connectivity index (χ1v) is 10.4. The molecular weight excluding hydrogens is 537 g/mol. The minimum absolute atomic E-state index is 0.0151. The number of nitrogens with one attached hydrogen (secondary N) is 1. The van der Waals surface area contributed by atoms with Crippen molar-refractivity contribution in [1.82, 2.24) is 5.43 Å². The van der Waals surface area contributed by atoms with Crippen LogP contribution in [-0.4, -0.2) is 17.0 Å². The molecule has 0 aromatic heterocycles. The van der Waals surface area contributed by atoms with Crippen molar-refractivity contribution in [1.29, 1.82) is 0 Å². The minimum atomic E-state index is -0.461. The fourth-order valence-corrected chi connectivity index (χ4v) is 3.94. The van der Waals surface area contributed by atoms with Gasteiger partial charge in [-0.3, -0.25) is 14.9 Å². The maximum atomic E-state index is 12.9. The summed E-state index contributed by atoms with van der Waals surface area (Å²) in [5, 5.41) is 14.6. The predicted molar refractivity (Wildman–Crippen MR) is 121 cm³/mol. The second-order valence-electron chi connectivity index (χ2n) is 6.23. The molecule has 0 fully saturated rings. The molecule has 0 aliphatic heterocycles. The number of hydrogen-bond donors (Lipinski definition) is 1. The summed E-state index contributed by atoms with van der Waals surface area (Å²) in [6.07, 6.45) is 1.46. The Labute approximate surface area is 193 Å². The van der Waals surface area contributed by atoms with Crippen LogP contribution in [0.2, 0.25) is 0 Å². The van der Waals surface area contributed by atoms with Crippen molar-refractivity contribution < 1.29 is 18.8 Å². The van der Waals surface area contributed by atoms with E-state index in [1.54, 1.807) is 24.3 Å². The Balaban J connectivity index is 1.62. The Hall–Kier alpha value is -3.11. The Morgan fingerprint density at radius 2 is 1.71 bits per heavy atom. The number of nitrogens with zero attached hydrogens (tertiary/aromatic N) is 2. The second kappa shape index (κ2) is 10.3. The molecule has 31 heavy (non-hydrogen) atoms. The summed E-state index contributed by atoms with van der Waals surface area (Å²) in [7, 11) is 0. The fraction of sp³-hybridized carbons (Fsp3) is 0.0476. The lowest BCUT2D eigenvalue weighted by Crippen LogP contribution is -2.17. The molecule has 0 radical (unpaired) electrons. The number of hydrazone groups is 1. The van der Waals surface area contributed by atoms with E-state index >= 15 is 0 Å². The summed E-state index contributed by atoms with van der Waals surface area (Å²) in [5.41, 5.74) is 4.14. The lowest BCUT2D eigenvalue weighted by atomic mass is 10.2. The molecule has 3 rings (SSSR count). The SMILES string of the molecule is O=C(N/N=C\c1cc(Br)c(OCc2ccc([N+](=O)[O-])cc2)c(Br)c1)c1ccc(F)cc1. The minimum Gasteiger partial charge on any atom is -0.487 e. The molecule has 0 spiro atoms. The number of nitro benzene ring substituents is 1. The van der Waals surface area contributed by atoms with Gasteiger partial charge in [0.1, 0.15) is 18.2 Å². The van der Waals surface area contributed by atoms with Gasteiger partial charge in [-0.2, -0.15) is 5.10 Å². The van der Waals surface area contributed by atoms with Crippen LogP contribution in [0, 0.1) is 15.9 Å².